The van der Waals surface area contributed by atoms with Gasteiger partial charge in [-0.05, 0) is 43.3 Å². The number of hydrogen-bond acceptors (Lipinski definition) is 4. The third kappa shape index (κ3) is 3.67. The molecule has 0 aliphatic rings. The number of likely N-dealkylation sites (N-methyl/N-ethyl adjacent to an activating group) is 1. The van der Waals surface area contributed by atoms with Crippen LogP contribution in [0.2, 0.25) is 0 Å². The molecule has 148 valence electrons. The number of aromatic nitrogens is 2. The second-order valence-corrected chi connectivity index (χ2v) is 7.67. The Kier molecular flexibility index (Phi) is 6.14. The molecule has 7 heteroatoms. The van der Waals surface area contributed by atoms with Gasteiger partial charge in [-0.3, -0.25) is 14.2 Å². The number of para-hydroxylation sites is 1. The molecule has 0 saturated carbocycles. The maximum atomic E-state index is 13.3. The summed E-state index contributed by atoms with van der Waals surface area (Å²) in [5.74, 6) is -0.111. The van der Waals surface area contributed by atoms with E-state index < -0.39 is 5.69 Å². The van der Waals surface area contributed by atoms with Crippen molar-refractivity contribution in [1.82, 2.24) is 14.0 Å². The number of aryl methyl sites for hydroxylation is 1. The summed E-state index contributed by atoms with van der Waals surface area (Å²) in [6, 6.07) is 9.01. The number of thiophene rings is 1. The highest BCUT2D eigenvalue weighted by atomic mass is 32.1. The van der Waals surface area contributed by atoms with Crippen LogP contribution < -0.4 is 11.2 Å². The largest absolute Gasteiger partial charge is 0.341 e. The Balaban J connectivity index is 2.15. The lowest BCUT2D eigenvalue weighted by Gasteiger charge is -2.22. The number of rotatable bonds is 7. The van der Waals surface area contributed by atoms with Crippen LogP contribution in [0.5, 0.6) is 0 Å². The van der Waals surface area contributed by atoms with Crippen molar-refractivity contribution in [3.05, 3.63) is 62.1 Å². The molecular weight excluding hydrogens is 374 g/mol. The predicted octanol–water partition coefficient (Wildman–Crippen LogP) is 3.17. The molecule has 3 rings (SSSR count). The van der Waals surface area contributed by atoms with Crippen LogP contribution in [-0.2, 0) is 11.3 Å². The first-order chi connectivity index (χ1) is 13.5. The van der Waals surface area contributed by atoms with Crippen LogP contribution in [0.25, 0.3) is 15.9 Å². The van der Waals surface area contributed by atoms with Crippen molar-refractivity contribution < 1.29 is 4.79 Å². The van der Waals surface area contributed by atoms with Crippen LogP contribution in [0.3, 0.4) is 0 Å². The van der Waals surface area contributed by atoms with Gasteiger partial charge in [0.25, 0.3) is 5.56 Å². The van der Waals surface area contributed by atoms with Crippen molar-refractivity contribution in [1.29, 1.82) is 0 Å². The van der Waals surface area contributed by atoms with Gasteiger partial charge in [0.2, 0.25) is 5.91 Å². The lowest BCUT2D eigenvalue weighted by molar-refractivity contribution is -0.131. The first kappa shape index (κ1) is 20.1. The van der Waals surface area contributed by atoms with Gasteiger partial charge in [0, 0.05) is 13.1 Å². The molecule has 0 unspecified atom stereocenters. The summed E-state index contributed by atoms with van der Waals surface area (Å²) in [4.78, 5) is 40.9. The smallest absolute Gasteiger partial charge is 0.336 e. The van der Waals surface area contributed by atoms with Crippen molar-refractivity contribution >= 4 is 27.5 Å². The molecule has 1 aromatic carbocycles. The topological polar surface area (TPSA) is 64.3 Å². The van der Waals surface area contributed by atoms with Crippen LogP contribution in [0, 0.1) is 6.92 Å². The first-order valence-corrected chi connectivity index (χ1v) is 10.4. The summed E-state index contributed by atoms with van der Waals surface area (Å²) in [5, 5.41) is 1.78. The minimum absolute atomic E-state index is 0.0736. The monoisotopic (exact) mass is 399 g/mol. The normalized spacial score (nSPS) is 11.1. The van der Waals surface area contributed by atoms with Crippen LogP contribution >= 0.6 is 11.3 Å². The van der Waals surface area contributed by atoms with Gasteiger partial charge in [0.15, 0.2) is 0 Å². The maximum absolute atomic E-state index is 13.3. The summed E-state index contributed by atoms with van der Waals surface area (Å²) in [6.45, 7) is 7.07. The Morgan fingerprint density at radius 2 is 1.89 bits per heavy atom. The van der Waals surface area contributed by atoms with Gasteiger partial charge < -0.3 is 4.90 Å². The van der Waals surface area contributed by atoms with E-state index in [9.17, 15) is 14.4 Å². The van der Waals surface area contributed by atoms with Crippen molar-refractivity contribution in [3.63, 3.8) is 0 Å². The number of amides is 1. The zero-order chi connectivity index (χ0) is 20.3. The highest BCUT2D eigenvalue weighted by Gasteiger charge is 2.20. The Bertz CT molecular complexity index is 1110. The standard InChI is InChI=1S/C21H25N3O3S/c1-4-6-12-22(5-2)18(25)14-23-17-11-13-28-19(17)20(26)24(21(23)27)16-10-8-7-9-15(16)3/h7-11,13H,4-6,12,14H2,1-3H3. The van der Waals surface area contributed by atoms with E-state index >= 15 is 0 Å². The SMILES string of the molecule is CCCCN(CC)C(=O)Cn1c(=O)n(-c2ccccc2C)c(=O)c2sccc21. The Hall–Kier alpha value is -2.67. The molecule has 0 saturated heterocycles. The first-order valence-electron chi connectivity index (χ1n) is 9.56. The molecule has 0 bridgehead atoms. The number of benzene rings is 1. The van der Waals surface area contributed by atoms with E-state index in [0.29, 0.717) is 29.0 Å². The van der Waals surface area contributed by atoms with E-state index in [4.69, 9.17) is 0 Å². The Labute approximate surface area is 167 Å². The minimum atomic E-state index is -0.481. The average Bonchev–Trinajstić information content (AvgIpc) is 3.17. The molecule has 0 N–H and O–H groups in total. The number of carbonyl (C=O) groups is 1. The molecule has 3 aromatic rings. The fraction of sp³-hybridized carbons (Fsp3) is 0.381. The highest BCUT2D eigenvalue weighted by Crippen LogP contribution is 2.18. The lowest BCUT2D eigenvalue weighted by Crippen LogP contribution is -2.42. The molecule has 28 heavy (non-hydrogen) atoms. The third-order valence-electron chi connectivity index (χ3n) is 4.92. The summed E-state index contributed by atoms with van der Waals surface area (Å²) in [5.41, 5.74) is 1.07. The number of unbranched alkanes of at least 4 members (excludes halogenated alkanes) is 1. The van der Waals surface area contributed by atoms with Gasteiger partial charge in [0.05, 0.1) is 11.2 Å². The summed E-state index contributed by atoms with van der Waals surface area (Å²) < 4.78 is 3.09. The van der Waals surface area contributed by atoms with Crippen LogP contribution in [0.15, 0.2) is 45.3 Å². The molecule has 6 nitrogen and oxygen atoms in total. The molecule has 0 aliphatic carbocycles. The number of hydrogen-bond donors (Lipinski definition) is 0. The van der Waals surface area contributed by atoms with E-state index in [0.717, 1.165) is 18.4 Å². The lowest BCUT2D eigenvalue weighted by atomic mass is 10.2. The van der Waals surface area contributed by atoms with Crippen LogP contribution in [0.4, 0.5) is 0 Å². The second-order valence-electron chi connectivity index (χ2n) is 6.76. The van der Waals surface area contributed by atoms with Gasteiger partial charge in [0.1, 0.15) is 11.2 Å². The Morgan fingerprint density at radius 3 is 2.57 bits per heavy atom. The Morgan fingerprint density at radius 1 is 1.14 bits per heavy atom. The van der Waals surface area contributed by atoms with E-state index in [2.05, 4.69) is 6.92 Å². The van der Waals surface area contributed by atoms with Crippen molar-refractivity contribution in [2.24, 2.45) is 0 Å². The quantitative estimate of drug-likeness (QED) is 0.613. The predicted molar refractivity (Wildman–Crippen MR) is 114 cm³/mol. The van der Waals surface area contributed by atoms with Gasteiger partial charge in [-0.1, -0.05) is 31.5 Å². The number of carbonyl (C=O) groups excluding carboxylic acids is 1. The zero-order valence-electron chi connectivity index (χ0n) is 16.5. The molecule has 0 radical (unpaired) electrons. The average molecular weight is 400 g/mol. The van der Waals surface area contributed by atoms with Gasteiger partial charge >= 0.3 is 5.69 Å². The van der Waals surface area contributed by atoms with Crippen molar-refractivity contribution in [3.8, 4) is 5.69 Å². The number of fused-ring (bicyclic) bond motifs is 1. The molecule has 0 spiro atoms. The second kappa shape index (κ2) is 8.56. The molecule has 2 aromatic heterocycles. The number of nitrogens with zero attached hydrogens (tertiary/aromatic N) is 3. The van der Waals surface area contributed by atoms with Gasteiger partial charge in [-0.25, -0.2) is 9.36 Å². The summed E-state index contributed by atoms with van der Waals surface area (Å²) in [6.07, 6.45) is 1.92. The van der Waals surface area contributed by atoms with Crippen molar-refractivity contribution in [2.75, 3.05) is 13.1 Å². The molecule has 0 atom stereocenters. The van der Waals surface area contributed by atoms with E-state index in [1.165, 1.54) is 20.5 Å². The molecule has 0 fully saturated rings. The third-order valence-corrected chi connectivity index (χ3v) is 5.81. The summed E-state index contributed by atoms with van der Waals surface area (Å²) in [7, 11) is 0. The fourth-order valence-corrected chi connectivity index (χ4v) is 4.13. The summed E-state index contributed by atoms with van der Waals surface area (Å²) >= 11 is 1.29. The molecular formula is C21H25N3O3S. The van der Waals surface area contributed by atoms with Crippen LogP contribution in [0.1, 0.15) is 32.3 Å². The fourth-order valence-electron chi connectivity index (χ4n) is 3.31. The van der Waals surface area contributed by atoms with E-state index in [-0.39, 0.29) is 18.0 Å². The van der Waals surface area contributed by atoms with E-state index in [1.54, 1.807) is 28.5 Å². The molecule has 0 aliphatic heterocycles. The van der Waals surface area contributed by atoms with Gasteiger partial charge in [-0.2, -0.15) is 0 Å². The van der Waals surface area contributed by atoms with Crippen molar-refractivity contribution in [2.45, 2.75) is 40.2 Å². The zero-order valence-corrected chi connectivity index (χ0v) is 17.3. The highest BCUT2D eigenvalue weighted by molar-refractivity contribution is 7.17. The van der Waals surface area contributed by atoms with Crippen LogP contribution in [-0.4, -0.2) is 33.0 Å². The minimum Gasteiger partial charge on any atom is -0.341 e. The maximum Gasteiger partial charge on any atom is 0.336 e. The molecule has 1 amide bonds. The molecule has 2 heterocycles. The van der Waals surface area contributed by atoms with E-state index in [1.807, 2.05) is 26.0 Å². The van der Waals surface area contributed by atoms with Gasteiger partial charge in [-0.15, -0.1) is 11.3 Å².